The smallest absolute Gasteiger partial charge is 0.223 e. The van der Waals surface area contributed by atoms with Crippen LogP contribution in [0.3, 0.4) is 0 Å². The van der Waals surface area contributed by atoms with E-state index in [1.807, 2.05) is 42.5 Å². The Labute approximate surface area is 131 Å². The van der Waals surface area contributed by atoms with Crippen LogP contribution in [0.4, 0.5) is 0 Å². The molecule has 0 saturated carbocycles. The largest absolute Gasteiger partial charge is 0.385 e. The minimum absolute atomic E-state index is 0.0748. The molecular weight excluding hydrogens is 274 g/mol. The van der Waals surface area contributed by atoms with Crippen molar-refractivity contribution < 1.29 is 9.90 Å². The molecule has 3 rings (SSSR count). The molecule has 1 aliphatic carbocycles. The van der Waals surface area contributed by atoms with Gasteiger partial charge in [-0.3, -0.25) is 4.79 Å². The lowest BCUT2D eigenvalue weighted by Crippen LogP contribution is -2.37. The van der Waals surface area contributed by atoms with Gasteiger partial charge in [0.1, 0.15) is 0 Å². The summed E-state index contributed by atoms with van der Waals surface area (Å²) in [5.41, 5.74) is 2.33. The van der Waals surface area contributed by atoms with Crippen molar-refractivity contribution in [3.05, 3.63) is 71.3 Å². The Morgan fingerprint density at radius 1 is 1.18 bits per heavy atom. The van der Waals surface area contributed by atoms with Crippen LogP contribution in [0, 0.1) is 0 Å². The molecule has 0 spiro atoms. The fourth-order valence-electron chi connectivity index (χ4n) is 3.06. The van der Waals surface area contributed by atoms with Gasteiger partial charge in [-0.2, -0.15) is 0 Å². The number of benzene rings is 2. The van der Waals surface area contributed by atoms with E-state index in [-0.39, 0.29) is 12.3 Å². The molecule has 1 aliphatic rings. The second-order valence-corrected chi connectivity index (χ2v) is 6.22. The van der Waals surface area contributed by atoms with E-state index in [1.54, 1.807) is 6.92 Å². The van der Waals surface area contributed by atoms with Crippen LogP contribution in [0.15, 0.2) is 54.6 Å². The van der Waals surface area contributed by atoms with Crippen LogP contribution in [0.25, 0.3) is 0 Å². The van der Waals surface area contributed by atoms with E-state index < -0.39 is 5.60 Å². The number of fused-ring (bicyclic) bond motifs is 1. The Bertz CT molecular complexity index is 664. The molecular formula is C19H21NO2. The monoisotopic (exact) mass is 295 g/mol. The standard InChI is InChI=1S/C19H21NO2/c1-19(22,16-8-3-2-4-9-16)12-18(21)20-13-15-11-14-7-5-6-10-17(14)15/h2-10,15,22H,11-13H2,1H3,(H,20,21). The number of carbonyl (C=O) groups is 1. The van der Waals surface area contributed by atoms with Crippen molar-refractivity contribution in [3.63, 3.8) is 0 Å². The molecule has 2 aromatic carbocycles. The topological polar surface area (TPSA) is 49.3 Å². The fourth-order valence-corrected chi connectivity index (χ4v) is 3.06. The highest BCUT2D eigenvalue weighted by atomic mass is 16.3. The third-order valence-corrected chi connectivity index (χ3v) is 4.41. The lowest BCUT2D eigenvalue weighted by Gasteiger charge is -2.30. The highest BCUT2D eigenvalue weighted by molar-refractivity contribution is 5.77. The van der Waals surface area contributed by atoms with Crippen molar-refractivity contribution in [3.8, 4) is 0 Å². The maximum absolute atomic E-state index is 12.1. The van der Waals surface area contributed by atoms with Crippen LogP contribution >= 0.6 is 0 Å². The number of hydrogen-bond acceptors (Lipinski definition) is 2. The first kappa shape index (κ1) is 14.8. The zero-order chi connectivity index (χ0) is 15.6. The first-order valence-corrected chi connectivity index (χ1v) is 7.69. The summed E-state index contributed by atoms with van der Waals surface area (Å²) in [5, 5.41) is 13.4. The molecule has 2 atom stereocenters. The van der Waals surface area contributed by atoms with Crippen molar-refractivity contribution >= 4 is 5.91 Å². The second-order valence-electron chi connectivity index (χ2n) is 6.22. The predicted octanol–water partition coefficient (Wildman–Crippen LogP) is 2.74. The third kappa shape index (κ3) is 3.04. The zero-order valence-corrected chi connectivity index (χ0v) is 12.8. The van der Waals surface area contributed by atoms with E-state index >= 15 is 0 Å². The summed E-state index contributed by atoms with van der Waals surface area (Å²) in [4.78, 5) is 12.1. The van der Waals surface area contributed by atoms with Crippen LogP contribution in [-0.4, -0.2) is 17.6 Å². The molecule has 2 unspecified atom stereocenters. The van der Waals surface area contributed by atoms with Gasteiger partial charge in [0.15, 0.2) is 0 Å². The highest BCUT2D eigenvalue weighted by Gasteiger charge is 2.29. The zero-order valence-electron chi connectivity index (χ0n) is 12.8. The molecule has 0 heterocycles. The van der Waals surface area contributed by atoms with E-state index in [1.165, 1.54) is 11.1 Å². The van der Waals surface area contributed by atoms with Crippen LogP contribution in [0.2, 0.25) is 0 Å². The average Bonchev–Trinajstić information content (AvgIpc) is 2.48. The van der Waals surface area contributed by atoms with E-state index in [2.05, 4.69) is 17.4 Å². The number of amides is 1. The van der Waals surface area contributed by atoms with E-state index in [4.69, 9.17) is 0 Å². The molecule has 22 heavy (non-hydrogen) atoms. The summed E-state index contributed by atoms with van der Waals surface area (Å²) in [5.74, 6) is 0.292. The Hall–Kier alpha value is -2.13. The lowest BCUT2D eigenvalue weighted by atomic mass is 9.77. The van der Waals surface area contributed by atoms with E-state index in [0.717, 1.165) is 12.0 Å². The number of rotatable bonds is 5. The number of carbonyl (C=O) groups excluding carboxylic acids is 1. The summed E-state index contributed by atoms with van der Waals surface area (Å²) in [6.07, 6.45) is 1.09. The van der Waals surface area contributed by atoms with Gasteiger partial charge in [0.2, 0.25) is 5.91 Å². The van der Waals surface area contributed by atoms with Crippen LogP contribution in [0.5, 0.6) is 0 Å². The van der Waals surface area contributed by atoms with Crippen LogP contribution in [-0.2, 0) is 16.8 Å². The van der Waals surface area contributed by atoms with Gasteiger partial charge in [-0.1, -0.05) is 54.6 Å². The van der Waals surface area contributed by atoms with Gasteiger partial charge in [0, 0.05) is 12.5 Å². The molecule has 0 fully saturated rings. The Kier molecular flexibility index (Phi) is 3.99. The SMILES string of the molecule is CC(O)(CC(=O)NCC1Cc2ccccc21)c1ccccc1. The molecule has 1 amide bonds. The normalized spacial score (nSPS) is 18.7. The summed E-state index contributed by atoms with van der Waals surface area (Å²) >= 11 is 0. The minimum Gasteiger partial charge on any atom is -0.385 e. The maximum atomic E-state index is 12.1. The lowest BCUT2D eigenvalue weighted by molar-refractivity contribution is -0.125. The number of aliphatic hydroxyl groups is 1. The van der Waals surface area contributed by atoms with E-state index in [9.17, 15) is 9.90 Å². The quantitative estimate of drug-likeness (QED) is 0.891. The summed E-state index contributed by atoms with van der Waals surface area (Å²) in [7, 11) is 0. The maximum Gasteiger partial charge on any atom is 0.223 e. The molecule has 0 saturated heterocycles. The van der Waals surface area contributed by atoms with Gasteiger partial charge in [0.25, 0.3) is 0 Å². The van der Waals surface area contributed by atoms with Gasteiger partial charge in [-0.25, -0.2) is 0 Å². The highest BCUT2D eigenvalue weighted by Crippen LogP contribution is 2.34. The van der Waals surface area contributed by atoms with Gasteiger partial charge >= 0.3 is 0 Å². The second kappa shape index (κ2) is 5.93. The Morgan fingerprint density at radius 2 is 1.86 bits per heavy atom. The molecule has 2 N–H and O–H groups in total. The molecule has 114 valence electrons. The molecule has 2 aromatic rings. The Morgan fingerprint density at radius 3 is 2.59 bits per heavy atom. The van der Waals surface area contributed by atoms with Crippen molar-refractivity contribution in [1.29, 1.82) is 0 Å². The van der Waals surface area contributed by atoms with Crippen molar-refractivity contribution in [2.24, 2.45) is 0 Å². The summed E-state index contributed by atoms with van der Waals surface area (Å²) < 4.78 is 0. The molecule has 0 radical (unpaired) electrons. The average molecular weight is 295 g/mol. The van der Waals surface area contributed by atoms with Gasteiger partial charge < -0.3 is 10.4 Å². The molecule has 3 nitrogen and oxygen atoms in total. The van der Waals surface area contributed by atoms with Crippen molar-refractivity contribution in [2.45, 2.75) is 31.3 Å². The first-order valence-electron chi connectivity index (χ1n) is 7.69. The van der Waals surface area contributed by atoms with Gasteiger partial charge in [-0.05, 0) is 30.0 Å². The third-order valence-electron chi connectivity index (χ3n) is 4.41. The van der Waals surface area contributed by atoms with Gasteiger partial charge in [-0.15, -0.1) is 0 Å². The minimum atomic E-state index is -1.14. The predicted molar refractivity (Wildman–Crippen MR) is 86.5 cm³/mol. The first-order chi connectivity index (χ1) is 10.6. The van der Waals surface area contributed by atoms with Crippen LogP contribution in [0.1, 0.15) is 36.0 Å². The fraction of sp³-hybridized carbons (Fsp3) is 0.316. The van der Waals surface area contributed by atoms with Crippen molar-refractivity contribution in [2.75, 3.05) is 6.54 Å². The van der Waals surface area contributed by atoms with E-state index in [0.29, 0.717) is 12.5 Å². The van der Waals surface area contributed by atoms with Crippen molar-refractivity contribution in [1.82, 2.24) is 5.32 Å². The summed E-state index contributed by atoms with van der Waals surface area (Å²) in [6, 6.07) is 17.7. The van der Waals surface area contributed by atoms with Gasteiger partial charge in [0.05, 0.1) is 12.0 Å². The number of nitrogens with one attached hydrogen (secondary N) is 1. The molecule has 0 aromatic heterocycles. The molecule has 0 bridgehead atoms. The molecule has 0 aliphatic heterocycles. The Balaban J connectivity index is 1.53. The molecule has 3 heteroatoms. The van der Waals surface area contributed by atoms with Crippen LogP contribution < -0.4 is 5.32 Å². The summed E-state index contributed by atoms with van der Waals surface area (Å²) in [6.45, 7) is 2.32. The number of hydrogen-bond donors (Lipinski definition) is 2.